The van der Waals surface area contributed by atoms with Gasteiger partial charge in [-0.2, -0.15) is 0 Å². The van der Waals surface area contributed by atoms with Gasteiger partial charge in [-0.15, -0.1) is 0 Å². The first-order chi connectivity index (χ1) is 40.2. The zero-order valence-corrected chi connectivity index (χ0v) is 52.6. The summed E-state index contributed by atoms with van der Waals surface area (Å²) in [5, 5.41) is 9.86. The minimum Gasteiger partial charge on any atom is -0.462 e. The lowest BCUT2D eigenvalue weighted by Crippen LogP contribution is -2.30. The van der Waals surface area contributed by atoms with E-state index >= 15 is 0 Å². The van der Waals surface area contributed by atoms with E-state index in [0.717, 1.165) is 103 Å². The zero-order valence-electron chi connectivity index (χ0n) is 51.7. The molecule has 0 aromatic heterocycles. The van der Waals surface area contributed by atoms with Crippen LogP contribution in [0, 0.1) is 0 Å². The first kappa shape index (κ1) is 77.6. The minimum absolute atomic E-state index is 0.0300. The molecule has 0 aliphatic carbocycles. The molecular formula is C70H115O11P. The van der Waals surface area contributed by atoms with Gasteiger partial charge in [0, 0.05) is 19.3 Å². The summed E-state index contributed by atoms with van der Waals surface area (Å²) in [6.45, 7) is 4.31. The molecule has 11 nitrogen and oxygen atoms in total. The van der Waals surface area contributed by atoms with Gasteiger partial charge in [0.25, 0.3) is 0 Å². The van der Waals surface area contributed by atoms with Crippen LogP contribution in [0.3, 0.4) is 0 Å². The number of phosphoric acid groups is 1. The number of hydrogen-bond donors (Lipinski definition) is 2. The van der Waals surface area contributed by atoms with Crippen LogP contribution >= 0.6 is 7.82 Å². The SMILES string of the molecule is CC/C=C\C/C=C\C/C=C\C/C=C\C/C=C\C/C=C\CCC(=O)OC(COC(=O)CCCCCC/C=C\C/C=C\C/C=C\C/C=C\CC)COP(=O)(O)OCC(CO)OC(=O)CCCCCCCCCCC/C=C\CCCCCCCC. The predicted molar refractivity (Wildman–Crippen MR) is 343 cm³/mol. The van der Waals surface area contributed by atoms with Gasteiger partial charge in [0.05, 0.1) is 19.8 Å². The van der Waals surface area contributed by atoms with Gasteiger partial charge < -0.3 is 24.2 Å². The molecule has 0 bridgehead atoms. The second kappa shape index (κ2) is 62.7. The van der Waals surface area contributed by atoms with Gasteiger partial charge in [-0.1, -0.05) is 244 Å². The average Bonchev–Trinajstić information content (AvgIpc) is 3.50. The lowest BCUT2D eigenvalue weighted by Gasteiger charge is -2.21. The largest absolute Gasteiger partial charge is 0.472 e. The van der Waals surface area contributed by atoms with Crippen LogP contribution in [0.1, 0.15) is 252 Å². The number of unbranched alkanes of at least 4 members (excludes halogenated alkanes) is 19. The summed E-state index contributed by atoms with van der Waals surface area (Å²) in [6.07, 6.45) is 79.9. The summed E-state index contributed by atoms with van der Waals surface area (Å²) in [6, 6.07) is 0. The van der Waals surface area contributed by atoms with Crippen molar-refractivity contribution in [3.05, 3.63) is 134 Å². The number of aliphatic hydroxyl groups excluding tert-OH is 1. The molecule has 0 rings (SSSR count). The molecule has 0 heterocycles. The van der Waals surface area contributed by atoms with Gasteiger partial charge in [0.15, 0.2) is 6.10 Å². The second-order valence-electron chi connectivity index (χ2n) is 20.8. The molecule has 2 N–H and O–H groups in total. The summed E-state index contributed by atoms with van der Waals surface area (Å²) in [4.78, 5) is 48.7. The predicted octanol–water partition coefficient (Wildman–Crippen LogP) is 19.7. The van der Waals surface area contributed by atoms with Crippen LogP contribution in [0.5, 0.6) is 0 Å². The maximum atomic E-state index is 13.0. The van der Waals surface area contributed by atoms with E-state index in [0.29, 0.717) is 25.7 Å². The van der Waals surface area contributed by atoms with Crippen LogP contribution in [0.2, 0.25) is 0 Å². The Hall–Kier alpha value is -4.38. The van der Waals surface area contributed by atoms with Gasteiger partial charge in [0.2, 0.25) is 0 Å². The summed E-state index contributed by atoms with van der Waals surface area (Å²) in [7, 11) is -4.79. The molecule has 0 saturated carbocycles. The van der Waals surface area contributed by atoms with E-state index < -0.39 is 57.8 Å². The van der Waals surface area contributed by atoms with E-state index in [-0.39, 0.29) is 25.9 Å². The molecular weight excluding hydrogens is 1050 g/mol. The van der Waals surface area contributed by atoms with Crippen LogP contribution in [0.25, 0.3) is 0 Å². The smallest absolute Gasteiger partial charge is 0.462 e. The molecule has 0 aliphatic heterocycles. The quantitative estimate of drug-likeness (QED) is 0.0197. The number of rotatable bonds is 58. The summed E-state index contributed by atoms with van der Waals surface area (Å²) >= 11 is 0. The Kier molecular flexibility index (Phi) is 59.3. The average molecular weight is 1160 g/mol. The first-order valence-corrected chi connectivity index (χ1v) is 33.6. The van der Waals surface area contributed by atoms with Crippen molar-refractivity contribution in [3.63, 3.8) is 0 Å². The van der Waals surface area contributed by atoms with Gasteiger partial charge in [-0.3, -0.25) is 23.4 Å². The zero-order chi connectivity index (χ0) is 59.8. The maximum Gasteiger partial charge on any atom is 0.472 e. The minimum atomic E-state index is -4.79. The molecule has 0 aromatic rings. The molecule has 466 valence electrons. The van der Waals surface area contributed by atoms with Crippen molar-refractivity contribution in [1.29, 1.82) is 0 Å². The third kappa shape index (κ3) is 60.2. The van der Waals surface area contributed by atoms with Crippen LogP contribution < -0.4 is 0 Å². The van der Waals surface area contributed by atoms with E-state index in [1.54, 1.807) is 0 Å². The van der Waals surface area contributed by atoms with E-state index in [2.05, 4.69) is 142 Å². The van der Waals surface area contributed by atoms with E-state index in [1.807, 2.05) is 12.2 Å². The van der Waals surface area contributed by atoms with Crippen molar-refractivity contribution in [2.45, 2.75) is 264 Å². The second-order valence-corrected chi connectivity index (χ2v) is 22.3. The molecule has 0 aliphatic rings. The molecule has 3 atom stereocenters. The van der Waals surface area contributed by atoms with Gasteiger partial charge >= 0.3 is 25.7 Å². The fourth-order valence-electron chi connectivity index (χ4n) is 8.25. The van der Waals surface area contributed by atoms with Crippen molar-refractivity contribution < 1.29 is 52.2 Å². The molecule has 3 unspecified atom stereocenters. The highest BCUT2D eigenvalue weighted by molar-refractivity contribution is 7.47. The number of esters is 3. The Labute approximate surface area is 500 Å². The van der Waals surface area contributed by atoms with Gasteiger partial charge in [-0.05, 0) is 122 Å². The first-order valence-electron chi connectivity index (χ1n) is 32.1. The van der Waals surface area contributed by atoms with Crippen LogP contribution in [0.15, 0.2) is 134 Å². The van der Waals surface area contributed by atoms with E-state index in [4.69, 9.17) is 23.3 Å². The third-order valence-electron chi connectivity index (χ3n) is 13.1. The topological polar surface area (TPSA) is 155 Å². The monoisotopic (exact) mass is 1160 g/mol. The molecule has 0 amide bonds. The number of allylic oxidation sites excluding steroid dienone is 22. The Morgan fingerprint density at radius 2 is 0.659 bits per heavy atom. The van der Waals surface area contributed by atoms with Crippen molar-refractivity contribution in [2.24, 2.45) is 0 Å². The number of phosphoric ester groups is 1. The fourth-order valence-corrected chi connectivity index (χ4v) is 9.03. The number of carbonyl (C=O) groups is 3. The lowest BCUT2D eigenvalue weighted by atomic mass is 10.1. The van der Waals surface area contributed by atoms with Crippen LogP contribution in [-0.4, -0.2) is 66.5 Å². The Morgan fingerprint density at radius 1 is 0.354 bits per heavy atom. The highest BCUT2D eigenvalue weighted by atomic mass is 31.2. The van der Waals surface area contributed by atoms with Crippen molar-refractivity contribution in [1.82, 2.24) is 0 Å². The normalized spacial score (nSPS) is 14.2. The van der Waals surface area contributed by atoms with Gasteiger partial charge in [-0.25, -0.2) is 4.57 Å². The lowest BCUT2D eigenvalue weighted by molar-refractivity contribution is -0.161. The fraction of sp³-hybridized carbons (Fsp3) is 0.643. The molecule has 0 saturated heterocycles. The summed E-state index contributed by atoms with van der Waals surface area (Å²) in [5.41, 5.74) is 0. The highest BCUT2D eigenvalue weighted by Gasteiger charge is 2.28. The molecule has 0 radical (unpaired) electrons. The Balaban J connectivity index is 4.83. The number of carbonyl (C=O) groups excluding carboxylic acids is 3. The number of hydrogen-bond acceptors (Lipinski definition) is 10. The highest BCUT2D eigenvalue weighted by Crippen LogP contribution is 2.43. The maximum absolute atomic E-state index is 13.0. The summed E-state index contributed by atoms with van der Waals surface area (Å²) < 4.78 is 39.6. The molecule has 82 heavy (non-hydrogen) atoms. The van der Waals surface area contributed by atoms with Crippen molar-refractivity contribution >= 4 is 25.7 Å². The summed E-state index contributed by atoms with van der Waals surface area (Å²) in [5.74, 6) is -1.61. The third-order valence-corrected chi connectivity index (χ3v) is 14.0. The number of ether oxygens (including phenoxy) is 3. The van der Waals surface area contributed by atoms with Gasteiger partial charge in [0.1, 0.15) is 12.7 Å². The van der Waals surface area contributed by atoms with Crippen LogP contribution in [-0.2, 0) is 42.2 Å². The van der Waals surface area contributed by atoms with Crippen LogP contribution in [0.4, 0.5) is 0 Å². The standard InChI is InChI=1S/C70H115O11P/c1-4-7-10-13-16-19-22-25-28-31-33-36-39-42-45-48-51-54-57-60-69(73)80-66(62-71)64-78-82(75,76)79-65-67(63-77-68(72)59-56-53-50-47-44-41-38-35-30-27-24-21-18-15-12-9-6-3)81-70(74)61-58-55-52-49-46-43-40-37-34-32-29-26-23-20-17-14-11-8-5-2/h8-9,11-12,17-18,20-21,25-30,34,37-38,41,43,46,52,55,66-67,71H,4-7,10,13-16,19,22-24,31-33,35-36,39-40,42,44-45,47-51,53-54,56-65H2,1-3H3,(H,75,76)/b11-8-,12-9-,20-17-,21-18-,28-25-,29-26-,30-27-,37-34-,41-38-,46-43-,55-52-. The Morgan fingerprint density at radius 3 is 1.06 bits per heavy atom. The molecule has 0 fully saturated rings. The Bertz CT molecular complexity index is 1890. The molecule has 0 aromatic carbocycles. The molecule has 0 spiro atoms. The van der Waals surface area contributed by atoms with E-state index in [9.17, 15) is 28.9 Å². The number of aliphatic hydroxyl groups is 1. The molecule has 12 heteroatoms. The van der Waals surface area contributed by atoms with Crippen molar-refractivity contribution in [2.75, 3.05) is 26.4 Å². The van der Waals surface area contributed by atoms with Crippen molar-refractivity contribution in [3.8, 4) is 0 Å². The van der Waals surface area contributed by atoms with E-state index in [1.165, 1.54) is 83.5 Å².